The molecule has 0 amide bonds. The lowest BCUT2D eigenvalue weighted by molar-refractivity contribution is -0.141. The van der Waals surface area contributed by atoms with Crippen molar-refractivity contribution in [3.8, 4) is 0 Å². The third kappa shape index (κ3) is 4.61. The normalized spacial score (nSPS) is 12.1. The van der Waals surface area contributed by atoms with Gasteiger partial charge in [0.25, 0.3) is 0 Å². The number of carbonyl (C=O) groups is 1. The monoisotopic (exact) mass is 207 g/mol. The number of rotatable bonds is 5. The number of hydrogen-bond donors (Lipinski definition) is 1. The van der Waals surface area contributed by atoms with Crippen LogP contribution in [-0.4, -0.2) is 19.1 Å². The van der Waals surface area contributed by atoms with Crippen LogP contribution in [0, 0.1) is 0 Å². The smallest absolute Gasteiger partial charge is 0.307 e. The molecule has 3 nitrogen and oxygen atoms in total. The van der Waals surface area contributed by atoms with Crippen LogP contribution in [0.1, 0.15) is 18.4 Å². The number of hydrogen-bond acceptors (Lipinski definition) is 3. The van der Waals surface area contributed by atoms with E-state index in [0.29, 0.717) is 6.42 Å². The van der Waals surface area contributed by atoms with E-state index in [1.54, 1.807) is 0 Å². The first-order chi connectivity index (χ1) is 7.22. The highest BCUT2D eigenvalue weighted by atomic mass is 16.5. The van der Waals surface area contributed by atoms with Crippen LogP contribution in [0.4, 0.5) is 0 Å². The summed E-state index contributed by atoms with van der Waals surface area (Å²) in [5.74, 6) is -0.240. The first-order valence-corrected chi connectivity index (χ1v) is 5.08. The summed E-state index contributed by atoms with van der Waals surface area (Å²) in [6.07, 6.45) is 2.00. The summed E-state index contributed by atoms with van der Waals surface area (Å²) < 4.78 is 4.55. The van der Waals surface area contributed by atoms with Crippen molar-refractivity contribution in [1.29, 1.82) is 0 Å². The Bertz CT molecular complexity index is 298. The van der Waals surface area contributed by atoms with Crippen molar-refractivity contribution in [2.75, 3.05) is 7.11 Å². The minimum absolute atomic E-state index is 0.113. The summed E-state index contributed by atoms with van der Waals surface area (Å²) in [5, 5.41) is 0. The van der Waals surface area contributed by atoms with Gasteiger partial charge < -0.3 is 10.5 Å². The quantitative estimate of drug-likeness (QED) is 0.744. The first kappa shape index (κ1) is 11.7. The summed E-state index contributed by atoms with van der Waals surface area (Å²) >= 11 is 0. The second kappa shape index (κ2) is 6.19. The van der Waals surface area contributed by atoms with E-state index in [2.05, 4.69) is 16.9 Å². The minimum atomic E-state index is -0.240. The van der Waals surface area contributed by atoms with E-state index < -0.39 is 0 Å². The second-order valence-corrected chi connectivity index (χ2v) is 3.56. The van der Waals surface area contributed by atoms with E-state index in [9.17, 15) is 4.79 Å². The Morgan fingerprint density at radius 3 is 2.67 bits per heavy atom. The average Bonchev–Trinajstić information content (AvgIpc) is 2.27. The molecular formula is C12H17NO2. The lowest BCUT2D eigenvalue weighted by atomic mass is 10.0. The number of nitrogens with two attached hydrogens (primary N) is 1. The Hall–Kier alpha value is -1.35. The van der Waals surface area contributed by atoms with E-state index in [1.165, 1.54) is 12.7 Å². The van der Waals surface area contributed by atoms with Gasteiger partial charge in [-0.25, -0.2) is 0 Å². The van der Waals surface area contributed by atoms with Gasteiger partial charge in [0.15, 0.2) is 0 Å². The fourth-order valence-electron chi connectivity index (χ4n) is 1.40. The van der Waals surface area contributed by atoms with Crippen molar-refractivity contribution in [2.24, 2.45) is 5.73 Å². The van der Waals surface area contributed by atoms with Crippen LogP contribution in [-0.2, 0) is 16.0 Å². The Kier molecular flexibility index (Phi) is 4.84. The minimum Gasteiger partial charge on any atom is -0.469 e. The maximum absolute atomic E-state index is 10.9. The van der Waals surface area contributed by atoms with Gasteiger partial charge >= 0.3 is 5.97 Å². The highest BCUT2D eigenvalue weighted by Crippen LogP contribution is 2.06. The van der Waals surface area contributed by atoms with Gasteiger partial charge in [-0.1, -0.05) is 30.3 Å². The Morgan fingerprint density at radius 1 is 1.40 bits per heavy atom. The molecular weight excluding hydrogens is 190 g/mol. The first-order valence-electron chi connectivity index (χ1n) is 5.08. The van der Waals surface area contributed by atoms with E-state index in [0.717, 1.165) is 12.8 Å². The number of ether oxygens (including phenoxy) is 1. The van der Waals surface area contributed by atoms with Crippen LogP contribution < -0.4 is 5.73 Å². The fraction of sp³-hybridized carbons (Fsp3) is 0.417. The van der Waals surface area contributed by atoms with E-state index in [4.69, 9.17) is 5.73 Å². The van der Waals surface area contributed by atoms with E-state index in [-0.39, 0.29) is 12.0 Å². The van der Waals surface area contributed by atoms with Crippen molar-refractivity contribution >= 4 is 5.97 Å². The maximum Gasteiger partial charge on any atom is 0.307 e. The number of esters is 1. The lowest BCUT2D eigenvalue weighted by Crippen LogP contribution is -2.25. The SMILES string of the molecule is COC(=O)C[C@H](N)CCc1ccccc1. The fourth-order valence-corrected chi connectivity index (χ4v) is 1.40. The third-order valence-electron chi connectivity index (χ3n) is 2.30. The Morgan fingerprint density at radius 2 is 2.07 bits per heavy atom. The summed E-state index contributed by atoms with van der Waals surface area (Å²) in [6.45, 7) is 0. The molecule has 0 aromatic heterocycles. The molecule has 0 heterocycles. The van der Waals surface area contributed by atoms with Crippen LogP contribution in [0.2, 0.25) is 0 Å². The topological polar surface area (TPSA) is 52.3 Å². The summed E-state index contributed by atoms with van der Waals surface area (Å²) in [7, 11) is 1.38. The highest BCUT2D eigenvalue weighted by molar-refractivity contribution is 5.69. The maximum atomic E-state index is 10.9. The molecule has 0 fully saturated rings. The van der Waals surface area contributed by atoms with Crippen LogP contribution in [0.25, 0.3) is 0 Å². The standard InChI is InChI=1S/C12H17NO2/c1-15-12(14)9-11(13)8-7-10-5-3-2-4-6-10/h2-6,11H,7-9,13H2,1H3/t11-/m1/s1. The highest BCUT2D eigenvalue weighted by Gasteiger charge is 2.09. The van der Waals surface area contributed by atoms with Crippen molar-refractivity contribution < 1.29 is 9.53 Å². The van der Waals surface area contributed by atoms with Gasteiger partial charge in [-0.3, -0.25) is 4.79 Å². The summed E-state index contributed by atoms with van der Waals surface area (Å²) in [5.41, 5.74) is 7.05. The Balaban J connectivity index is 2.28. The molecule has 0 saturated carbocycles. The molecule has 0 saturated heterocycles. The zero-order chi connectivity index (χ0) is 11.1. The molecule has 0 radical (unpaired) electrons. The van der Waals surface area contributed by atoms with Crippen molar-refractivity contribution in [2.45, 2.75) is 25.3 Å². The number of methoxy groups -OCH3 is 1. The molecule has 0 unspecified atom stereocenters. The van der Waals surface area contributed by atoms with Gasteiger partial charge in [0, 0.05) is 6.04 Å². The lowest BCUT2D eigenvalue weighted by Gasteiger charge is -2.09. The van der Waals surface area contributed by atoms with Crippen molar-refractivity contribution in [1.82, 2.24) is 0 Å². The van der Waals surface area contributed by atoms with Crippen molar-refractivity contribution in [3.05, 3.63) is 35.9 Å². The van der Waals surface area contributed by atoms with Gasteiger partial charge in [-0.15, -0.1) is 0 Å². The number of carbonyl (C=O) groups excluding carboxylic acids is 1. The molecule has 1 rings (SSSR count). The largest absolute Gasteiger partial charge is 0.469 e. The second-order valence-electron chi connectivity index (χ2n) is 3.56. The molecule has 0 bridgehead atoms. The van der Waals surface area contributed by atoms with Gasteiger partial charge in [0.1, 0.15) is 0 Å². The molecule has 0 aliphatic carbocycles. The predicted octanol–water partition coefficient (Wildman–Crippen LogP) is 1.51. The molecule has 15 heavy (non-hydrogen) atoms. The Labute approximate surface area is 90.2 Å². The van der Waals surface area contributed by atoms with Crippen LogP contribution in [0.5, 0.6) is 0 Å². The average molecular weight is 207 g/mol. The predicted molar refractivity (Wildman–Crippen MR) is 59.4 cm³/mol. The molecule has 1 aromatic carbocycles. The molecule has 82 valence electrons. The molecule has 0 spiro atoms. The van der Waals surface area contributed by atoms with Gasteiger partial charge in [-0.05, 0) is 18.4 Å². The van der Waals surface area contributed by atoms with Crippen molar-refractivity contribution in [3.63, 3.8) is 0 Å². The number of benzene rings is 1. The molecule has 2 N–H and O–H groups in total. The third-order valence-corrected chi connectivity index (χ3v) is 2.30. The molecule has 0 aliphatic heterocycles. The van der Waals surface area contributed by atoms with E-state index >= 15 is 0 Å². The molecule has 3 heteroatoms. The van der Waals surface area contributed by atoms with Crippen LogP contribution in [0.15, 0.2) is 30.3 Å². The molecule has 0 aliphatic rings. The zero-order valence-corrected chi connectivity index (χ0v) is 8.98. The molecule has 1 aromatic rings. The summed E-state index contributed by atoms with van der Waals surface area (Å²) in [4.78, 5) is 10.9. The summed E-state index contributed by atoms with van der Waals surface area (Å²) in [6, 6.07) is 9.99. The zero-order valence-electron chi connectivity index (χ0n) is 8.98. The van der Waals surface area contributed by atoms with Gasteiger partial charge in [0.05, 0.1) is 13.5 Å². The van der Waals surface area contributed by atoms with E-state index in [1.807, 2.05) is 18.2 Å². The molecule has 1 atom stereocenters. The van der Waals surface area contributed by atoms with Crippen LogP contribution >= 0.6 is 0 Å². The van der Waals surface area contributed by atoms with Crippen LogP contribution in [0.3, 0.4) is 0 Å². The number of aryl methyl sites for hydroxylation is 1. The van der Waals surface area contributed by atoms with Gasteiger partial charge in [0.2, 0.25) is 0 Å². The van der Waals surface area contributed by atoms with Gasteiger partial charge in [-0.2, -0.15) is 0 Å².